The minimum atomic E-state index is 0.0656. The normalized spacial score (nSPS) is 23.9. The van der Waals surface area contributed by atoms with E-state index in [0.29, 0.717) is 11.5 Å². The summed E-state index contributed by atoms with van der Waals surface area (Å²) in [5, 5.41) is 12.3. The predicted octanol–water partition coefficient (Wildman–Crippen LogP) is 2.63. The molecule has 0 spiro atoms. The molecule has 2 unspecified atom stereocenters. The number of nitrogens with one attached hydrogen (secondary N) is 1. The van der Waals surface area contributed by atoms with Crippen LogP contribution >= 0.6 is 0 Å². The molecular formula is C15H20N2O. The van der Waals surface area contributed by atoms with Gasteiger partial charge in [0.2, 0.25) is 0 Å². The lowest BCUT2D eigenvalue weighted by Crippen LogP contribution is -2.41. The monoisotopic (exact) mass is 244 g/mol. The maximum atomic E-state index is 8.92. The molecule has 0 aromatic heterocycles. The van der Waals surface area contributed by atoms with Crippen molar-refractivity contribution in [1.82, 2.24) is 5.32 Å². The maximum Gasteiger partial charge on any atom is 0.0991 e. The molecule has 1 aliphatic heterocycles. The van der Waals surface area contributed by atoms with Crippen LogP contribution in [0.5, 0.6) is 0 Å². The van der Waals surface area contributed by atoms with Crippen LogP contribution in [-0.4, -0.2) is 19.2 Å². The van der Waals surface area contributed by atoms with Gasteiger partial charge in [-0.15, -0.1) is 0 Å². The Bertz CT molecular complexity index is 436. The average molecular weight is 244 g/mol. The highest BCUT2D eigenvalue weighted by atomic mass is 16.5. The van der Waals surface area contributed by atoms with E-state index >= 15 is 0 Å². The molecule has 0 saturated carbocycles. The smallest absolute Gasteiger partial charge is 0.0991 e. The van der Waals surface area contributed by atoms with E-state index in [9.17, 15) is 0 Å². The molecule has 0 bridgehead atoms. The first-order chi connectivity index (χ1) is 8.69. The third-order valence-electron chi connectivity index (χ3n) is 3.18. The lowest BCUT2D eigenvalue weighted by atomic mass is 10.0. The van der Waals surface area contributed by atoms with Crippen LogP contribution in [0, 0.1) is 17.2 Å². The molecule has 96 valence electrons. The molecule has 2 rings (SSSR count). The number of ether oxygens (including phenoxy) is 1. The Labute approximate surface area is 109 Å². The molecule has 1 heterocycles. The topological polar surface area (TPSA) is 45.0 Å². The summed E-state index contributed by atoms with van der Waals surface area (Å²) in [5.74, 6) is 0.640. The Morgan fingerprint density at radius 2 is 2.28 bits per heavy atom. The van der Waals surface area contributed by atoms with E-state index in [1.165, 1.54) is 0 Å². The van der Waals surface area contributed by atoms with Gasteiger partial charge in [0.05, 0.1) is 23.8 Å². The number of benzene rings is 1. The zero-order chi connectivity index (χ0) is 13.0. The van der Waals surface area contributed by atoms with E-state index < -0.39 is 0 Å². The highest BCUT2D eigenvalue weighted by molar-refractivity contribution is 5.34. The van der Waals surface area contributed by atoms with E-state index in [1.807, 2.05) is 24.3 Å². The van der Waals surface area contributed by atoms with Crippen molar-refractivity contribution in [2.75, 3.05) is 13.1 Å². The first kappa shape index (κ1) is 13.1. The van der Waals surface area contributed by atoms with Crippen LogP contribution in [0.15, 0.2) is 24.3 Å². The minimum Gasteiger partial charge on any atom is -0.368 e. The van der Waals surface area contributed by atoms with Gasteiger partial charge in [0, 0.05) is 13.1 Å². The molecule has 1 aliphatic rings. The van der Waals surface area contributed by atoms with Crippen LogP contribution in [0.25, 0.3) is 0 Å². The Kier molecular flexibility index (Phi) is 4.35. The number of hydrogen-bond donors (Lipinski definition) is 1. The molecule has 2 atom stereocenters. The summed E-state index contributed by atoms with van der Waals surface area (Å²) < 4.78 is 6.11. The van der Waals surface area contributed by atoms with Crippen molar-refractivity contribution in [3.05, 3.63) is 35.4 Å². The fraction of sp³-hybridized carbons (Fsp3) is 0.533. The molecule has 3 heteroatoms. The highest BCUT2D eigenvalue weighted by Gasteiger charge is 2.23. The summed E-state index contributed by atoms with van der Waals surface area (Å²) in [5.41, 5.74) is 1.79. The Balaban J connectivity index is 2.06. The van der Waals surface area contributed by atoms with Crippen LogP contribution in [0.3, 0.4) is 0 Å². The maximum absolute atomic E-state index is 8.92. The number of nitrogens with zero attached hydrogens (tertiary/aromatic N) is 1. The zero-order valence-corrected chi connectivity index (χ0v) is 11.0. The van der Waals surface area contributed by atoms with Crippen molar-refractivity contribution in [3.8, 4) is 6.07 Å². The molecule has 1 aromatic rings. The third-order valence-corrected chi connectivity index (χ3v) is 3.18. The summed E-state index contributed by atoms with van der Waals surface area (Å²) in [6, 6.07) is 9.87. The van der Waals surface area contributed by atoms with Gasteiger partial charge >= 0.3 is 0 Å². The van der Waals surface area contributed by atoms with Gasteiger partial charge in [0.25, 0.3) is 0 Å². The summed E-state index contributed by atoms with van der Waals surface area (Å²) in [7, 11) is 0. The first-order valence-electron chi connectivity index (χ1n) is 6.55. The van der Waals surface area contributed by atoms with Crippen LogP contribution in [0.1, 0.15) is 37.5 Å². The van der Waals surface area contributed by atoms with Crippen LogP contribution in [0.4, 0.5) is 0 Å². The van der Waals surface area contributed by atoms with Crippen molar-refractivity contribution < 1.29 is 4.74 Å². The molecule has 3 nitrogen and oxygen atoms in total. The summed E-state index contributed by atoms with van der Waals surface area (Å²) in [4.78, 5) is 0. The Morgan fingerprint density at radius 1 is 1.44 bits per heavy atom. The van der Waals surface area contributed by atoms with Crippen molar-refractivity contribution in [1.29, 1.82) is 5.26 Å². The van der Waals surface area contributed by atoms with E-state index in [1.54, 1.807) is 0 Å². The van der Waals surface area contributed by atoms with Gasteiger partial charge in [-0.05, 0) is 30.0 Å². The highest BCUT2D eigenvalue weighted by Crippen LogP contribution is 2.24. The van der Waals surface area contributed by atoms with Gasteiger partial charge in [-0.3, -0.25) is 0 Å². The first-order valence-corrected chi connectivity index (χ1v) is 6.55. The standard InChI is InChI=1S/C15H20N2O/c1-11(2)6-14-9-17-10-15(18-14)13-5-3-4-12(7-13)8-16/h3-5,7,11,14-15,17H,6,9-10H2,1-2H3. The molecule has 18 heavy (non-hydrogen) atoms. The Morgan fingerprint density at radius 3 is 3.00 bits per heavy atom. The van der Waals surface area contributed by atoms with Gasteiger partial charge in [-0.25, -0.2) is 0 Å². The largest absolute Gasteiger partial charge is 0.368 e. The van der Waals surface area contributed by atoms with Gasteiger partial charge in [-0.1, -0.05) is 26.0 Å². The quantitative estimate of drug-likeness (QED) is 0.889. The number of nitriles is 1. The van der Waals surface area contributed by atoms with Gasteiger partial charge in [-0.2, -0.15) is 5.26 Å². The second-order valence-electron chi connectivity index (χ2n) is 5.27. The molecule has 0 aliphatic carbocycles. The van der Waals surface area contributed by atoms with E-state index in [4.69, 9.17) is 10.00 Å². The molecule has 0 amide bonds. The average Bonchev–Trinajstić information content (AvgIpc) is 2.38. The predicted molar refractivity (Wildman–Crippen MR) is 71.1 cm³/mol. The Hall–Kier alpha value is -1.37. The molecule has 1 fully saturated rings. The summed E-state index contributed by atoms with van der Waals surface area (Å²) >= 11 is 0. The van der Waals surface area contributed by atoms with Crippen molar-refractivity contribution >= 4 is 0 Å². The fourth-order valence-corrected chi connectivity index (χ4v) is 2.37. The minimum absolute atomic E-state index is 0.0656. The van der Waals surface area contributed by atoms with Crippen LogP contribution < -0.4 is 5.32 Å². The van der Waals surface area contributed by atoms with E-state index in [2.05, 4.69) is 25.2 Å². The molecule has 0 radical (unpaired) electrons. The van der Waals surface area contributed by atoms with Gasteiger partial charge < -0.3 is 10.1 Å². The molecule has 1 aromatic carbocycles. The number of rotatable bonds is 3. The van der Waals surface area contributed by atoms with Gasteiger partial charge in [0.15, 0.2) is 0 Å². The molecule has 1 saturated heterocycles. The summed E-state index contributed by atoms with van der Waals surface area (Å²) in [6.45, 7) is 6.17. The third kappa shape index (κ3) is 3.32. The number of hydrogen-bond acceptors (Lipinski definition) is 3. The van der Waals surface area contributed by atoms with Crippen LogP contribution in [0.2, 0.25) is 0 Å². The van der Waals surface area contributed by atoms with Crippen LogP contribution in [-0.2, 0) is 4.74 Å². The van der Waals surface area contributed by atoms with E-state index in [-0.39, 0.29) is 12.2 Å². The molecular weight excluding hydrogens is 224 g/mol. The fourth-order valence-electron chi connectivity index (χ4n) is 2.37. The van der Waals surface area contributed by atoms with Gasteiger partial charge in [0.1, 0.15) is 0 Å². The number of morpholine rings is 1. The second-order valence-corrected chi connectivity index (χ2v) is 5.27. The lowest BCUT2D eigenvalue weighted by Gasteiger charge is -2.32. The van der Waals surface area contributed by atoms with E-state index in [0.717, 1.165) is 25.1 Å². The summed E-state index contributed by atoms with van der Waals surface area (Å²) in [6.07, 6.45) is 1.41. The van der Waals surface area contributed by atoms with Crippen molar-refractivity contribution in [3.63, 3.8) is 0 Å². The van der Waals surface area contributed by atoms with Crippen molar-refractivity contribution in [2.24, 2.45) is 5.92 Å². The lowest BCUT2D eigenvalue weighted by molar-refractivity contribution is -0.0474. The zero-order valence-electron chi connectivity index (χ0n) is 11.0. The second kappa shape index (κ2) is 5.99. The van der Waals surface area contributed by atoms with Crippen molar-refractivity contribution in [2.45, 2.75) is 32.5 Å². The SMILES string of the molecule is CC(C)CC1CNCC(c2cccc(C#N)c2)O1. The molecule has 1 N–H and O–H groups in total.